The third-order valence-electron chi connectivity index (χ3n) is 2.42. The van der Waals surface area contributed by atoms with E-state index in [9.17, 15) is 4.79 Å². The number of hydrogen-bond acceptors (Lipinski definition) is 3. The Hall–Kier alpha value is -1.39. The van der Waals surface area contributed by atoms with E-state index in [-0.39, 0.29) is 10.7 Å². The van der Waals surface area contributed by atoms with Gasteiger partial charge in [-0.05, 0) is 23.8 Å². The lowest BCUT2D eigenvalue weighted by molar-refractivity contribution is 0.0600. The second kappa shape index (κ2) is 5.50. The third kappa shape index (κ3) is 2.71. The minimum Gasteiger partial charge on any atom is -0.465 e. The largest absolute Gasteiger partial charge is 0.465 e. The van der Waals surface area contributed by atoms with Crippen molar-refractivity contribution in [2.45, 2.75) is 0 Å². The van der Waals surface area contributed by atoms with E-state index < -0.39 is 5.97 Å². The van der Waals surface area contributed by atoms with Gasteiger partial charge in [-0.3, -0.25) is 0 Å². The number of ether oxygens (including phenoxy) is 1. The van der Waals surface area contributed by atoms with Crippen molar-refractivity contribution < 1.29 is 9.53 Å². The lowest BCUT2D eigenvalue weighted by atomic mass is 10.1. The van der Waals surface area contributed by atoms with Gasteiger partial charge in [0, 0.05) is 16.2 Å². The number of carbonyl (C=O) groups is 1. The third-order valence-corrected chi connectivity index (χ3v) is 3.25. The SMILES string of the molecule is COC(=O)c1cc(-c2ccc(Br)cc2)cnc1Cl. The molecule has 0 spiro atoms. The van der Waals surface area contributed by atoms with Crippen LogP contribution in [-0.2, 0) is 4.74 Å². The number of hydrogen-bond donors (Lipinski definition) is 0. The van der Waals surface area contributed by atoms with E-state index >= 15 is 0 Å². The van der Waals surface area contributed by atoms with Gasteiger partial charge in [0.25, 0.3) is 0 Å². The summed E-state index contributed by atoms with van der Waals surface area (Å²) in [4.78, 5) is 15.5. The highest BCUT2D eigenvalue weighted by atomic mass is 79.9. The number of nitrogens with zero attached hydrogens (tertiary/aromatic N) is 1. The summed E-state index contributed by atoms with van der Waals surface area (Å²) in [6.45, 7) is 0. The van der Waals surface area contributed by atoms with Crippen molar-refractivity contribution in [2.75, 3.05) is 7.11 Å². The van der Waals surface area contributed by atoms with Crippen LogP contribution in [0.2, 0.25) is 5.15 Å². The first-order valence-corrected chi connectivity index (χ1v) is 6.28. The molecule has 0 aliphatic heterocycles. The lowest BCUT2D eigenvalue weighted by Crippen LogP contribution is -2.03. The normalized spacial score (nSPS) is 10.2. The zero-order valence-corrected chi connectivity index (χ0v) is 11.8. The monoisotopic (exact) mass is 325 g/mol. The van der Waals surface area contributed by atoms with E-state index in [1.807, 2.05) is 24.3 Å². The van der Waals surface area contributed by atoms with Gasteiger partial charge in [-0.1, -0.05) is 39.7 Å². The van der Waals surface area contributed by atoms with Gasteiger partial charge in [0.2, 0.25) is 0 Å². The highest BCUT2D eigenvalue weighted by Gasteiger charge is 2.13. The van der Waals surface area contributed by atoms with Gasteiger partial charge in [-0.25, -0.2) is 9.78 Å². The summed E-state index contributed by atoms with van der Waals surface area (Å²) in [5, 5.41) is 0.141. The van der Waals surface area contributed by atoms with E-state index in [0.717, 1.165) is 15.6 Å². The van der Waals surface area contributed by atoms with E-state index in [2.05, 4.69) is 25.7 Å². The van der Waals surface area contributed by atoms with Crippen LogP contribution in [0.3, 0.4) is 0 Å². The number of pyridine rings is 1. The minimum absolute atomic E-state index is 0.141. The Morgan fingerprint density at radius 1 is 1.28 bits per heavy atom. The van der Waals surface area contributed by atoms with Crippen LogP contribution < -0.4 is 0 Å². The molecule has 0 bridgehead atoms. The Bertz CT molecular complexity index is 584. The topological polar surface area (TPSA) is 39.2 Å². The first-order valence-electron chi connectivity index (χ1n) is 5.11. The van der Waals surface area contributed by atoms with Crippen molar-refractivity contribution in [1.82, 2.24) is 4.98 Å². The molecule has 0 saturated heterocycles. The number of benzene rings is 1. The van der Waals surface area contributed by atoms with Crippen LogP contribution in [-0.4, -0.2) is 18.1 Å². The van der Waals surface area contributed by atoms with Crippen LogP contribution in [0.5, 0.6) is 0 Å². The molecule has 0 fully saturated rings. The molecule has 1 heterocycles. The Morgan fingerprint density at radius 3 is 2.56 bits per heavy atom. The van der Waals surface area contributed by atoms with Gasteiger partial charge in [0.15, 0.2) is 0 Å². The molecule has 0 unspecified atom stereocenters. The molecule has 0 aliphatic carbocycles. The van der Waals surface area contributed by atoms with Crippen LogP contribution in [0.4, 0.5) is 0 Å². The molecule has 0 saturated carbocycles. The fourth-order valence-corrected chi connectivity index (χ4v) is 1.95. The second-order valence-corrected chi connectivity index (χ2v) is 4.83. The second-order valence-electron chi connectivity index (χ2n) is 3.56. The summed E-state index contributed by atoms with van der Waals surface area (Å²) in [6, 6.07) is 9.36. The van der Waals surface area contributed by atoms with Crippen LogP contribution >= 0.6 is 27.5 Å². The molecule has 18 heavy (non-hydrogen) atoms. The van der Waals surface area contributed by atoms with Crippen molar-refractivity contribution >= 4 is 33.5 Å². The van der Waals surface area contributed by atoms with Crippen molar-refractivity contribution in [3.8, 4) is 11.1 Å². The molecule has 5 heteroatoms. The molecule has 0 atom stereocenters. The van der Waals surface area contributed by atoms with Crippen molar-refractivity contribution in [3.63, 3.8) is 0 Å². The van der Waals surface area contributed by atoms with Crippen molar-refractivity contribution in [1.29, 1.82) is 0 Å². The standard InChI is InChI=1S/C13H9BrClNO2/c1-18-13(17)11-6-9(7-16-12(11)15)8-2-4-10(14)5-3-8/h2-7H,1H3. The summed E-state index contributed by atoms with van der Waals surface area (Å²) < 4.78 is 5.64. The number of esters is 1. The molecule has 2 aromatic rings. The summed E-state index contributed by atoms with van der Waals surface area (Å²) in [5.74, 6) is -0.494. The smallest absolute Gasteiger partial charge is 0.341 e. The molecule has 0 N–H and O–H groups in total. The maximum Gasteiger partial charge on any atom is 0.341 e. The number of methoxy groups -OCH3 is 1. The van der Waals surface area contributed by atoms with Gasteiger partial charge in [0.05, 0.1) is 12.7 Å². The number of carbonyl (C=O) groups excluding carboxylic acids is 1. The van der Waals surface area contributed by atoms with Crippen LogP contribution in [0.15, 0.2) is 41.0 Å². The van der Waals surface area contributed by atoms with Gasteiger partial charge in [0.1, 0.15) is 5.15 Å². The quantitative estimate of drug-likeness (QED) is 0.619. The van der Waals surface area contributed by atoms with E-state index in [1.54, 1.807) is 12.3 Å². The van der Waals surface area contributed by atoms with E-state index in [1.165, 1.54) is 7.11 Å². The molecule has 0 radical (unpaired) electrons. The Morgan fingerprint density at radius 2 is 1.94 bits per heavy atom. The fraction of sp³-hybridized carbons (Fsp3) is 0.0769. The number of halogens is 2. The minimum atomic E-state index is -0.494. The van der Waals surface area contributed by atoms with Gasteiger partial charge < -0.3 is 4.74 Å². The zero-order chi connectivity index (χ0) is 13.1. The average Bonchev–Trinajstić information content (AvgIpc) is 2.39. The van der Waals surface area contributed by atoms with Crippen molar-refractivity contribution in [3.05, 3.63) is 51.7 Å². The fourth-order valence-electron chi connectivity index (χ4n) is 1.50. The summed E-state index contributed by atoms with van der Waals surface area (Å²) in [5.41, 5.74) is 2.03. The summed E-state index contributed by atoms with van der Waals surface area (Å²) in [6.07, 6.45) is 1.62. The number of rotatable bonds is 2. The van der Waals surface area contributed by atoms with Gasteiger partial charge >= 0.3 is 5.97 Å². The highest BCUT2D eigenvalue weighted by molar-refractivity contribution is 9.10. The average molecular weight is 327 g/mol. The van der Waals surface area contributed by atoms with Gasteiger partial charge in [-0.2, -0.15) is 0 Å². The highest BCUT2D eigenvalue weighted by Crippen LogP contribution is 2.25. The molecular formula is C13H9BrClNO2. The Labute approximate surface area is 118 Å². The predicted molar refractivity (Wildman–Crippen MR) is 73.7 cm³/mol. The van der Waals surface area contributed by atoms with Crippen LogP contribution in [0.25, 0.3) is 11.1 Å². The number of aromatic nitrogens is 1. The van der Waals surface area contributed by atoms with Crippen LogP contribution in [0, 0.1) is 0 Å². The molecule has 1 aromatic carbocycles. The molecule has 1 aromatic heterocycles. The lowest BCUT2D eigenvalue weighted by Gasteiger charge is -2.05. The molecule has 2 rings (SSSR count). The predicted octanol–water partition coefficient (Wildman–Crippen LogP) is 3.95. The maximum atomic E-state index is 11.5. The summed E-state index contributed by atoms with van der Waals surface area (Å²) in [7, 11) is 1.31. The van der Waals surface area contributed by atoms with Crippen molar-refractivity contribution in [2.24, 2.45) is 0 Å². The van der Waals surface area contributed by atoms with E-state index in [0.29, 0.717) is 0 Å². The van der Waals surface area contributed by atoms with Crippen LogP contribution in [0.1, 0.15) is 10.4 Å². The molecule has 0 amide bonds. The molecule has 92 valence electrons. The molecule has 0 aliphatic rings. The Kier molecular flexibility index (Phi) is 3.99. The van der Waals surface area contributed by atoms with Gasteiger partial charge in [-0.15, -0.1) is 0 Å². The first kappa shape index (κ1) is 13.1. The summed E-state index contributed by atoms with van der Waals surface area (Å²) >= 11 is 9.23. The van der Waals surface area contributed by atoms with E-state index in [4.69, 9.17) is 11.6 Å². The first-order chi connectivity index (χ1) is 8.61. The maximum absolute atomic E-state index is 11.5. The molecular weight excluding hydrogens is 318 g/mol. The zero-order valence-electron chi connectivity index (χ0n) is 9.48. The Balaban J connectivity index is 2.46. The molecule has 3 nitrogen and oxygen atoms in total.